The highest BCUT2D eigenvalue weighted by atomic mass is 16.5. The fourth-order valence-corrected chi connectivity index (χ4v) is 1.65. The van der Waals surface area contributed by atoms with Gasteiger partial charge in [0.2, 0.25) is 0 Å². The Morgan fingerprint density at radius 2 is 1.78 bits per heavy atom. The summed E-state index contributed by atoms with van der Waals surface area (Å²) in [5.41, 5.74) is 0. The number of carbonyl (C=O) groups excluding carboxylic acids is 2. The van der Waals surface area contributed by atoms with Gasteiger partial charge < -0.3 is 13.9 Å². The van der Waals surface area contributed by atoms with Crippen molar-refractivity contribution in [3.05, 3.63) is 54.5 Å². The maximum atomic E-state index is 11.7. The van der Waals surface area contributed by atoms with Crippen LogP contribution >= 0.6 is 0 Å². The highest BCUT2D eigenvalue weighted by molar-refractivity contribution is 5.88. The molecule has 1 unspecified atom stereocenters. The van der Waals surface area contributed by atoms with Gasteiger partial charge in [-0.25, -0.2) is 4.79 Å². The number of benzene rings is 1. The minimum Gasteiger partial charge on any atom is -0.465 e. The van der Waals surface area contributed by atoms with Crippen molar-refractivity contribution in [1.82, 2.24) is 0 Å². The molecule has 2 aromatic rings. The Balaban J connectivity index is 1.89. The fourth-order valence-electron chi connectivity index (χ4n) is 1.65. The van der Waals surface area contributed by atoms with Gasteiger partial charge in [0.15, 0.2) is 0 Å². The number of hydrogen-bond donors (Lipinski definition) is 0. The molecule has 0 radical (unpaired) electrons. The van der Waals surface area contributed by atoms with Crippen LogP contribution in [0.4, 0.5) is 0 Å². The predicted molar refractivity (Wildman–Crippen MR) is 84.9 cm³/mol. The van der Waals surface area contributed by atoms with Crippen LogP contribution in [0.2, 0.25) is 0 Å². The summed E-state index contributed by atoms with van der Waals surface area (Å²) in [5, 5.41) is 0. The quantitative estimate of drug-likeness (QED) is 0.460. The topological polar surface area (TPSA) is 65.7 Å². The van der Waals surface area contributed by atoms with Crippen LogP contribution in [0.3, 0.4) is 0 Å². The summed E-state index contributed by atoms with van der Waals surface area (Å²) in [7, 11) is 0. The largest absolute Gasteiger partial charge is 0.465 e. The maximum absolute atomic E-state index is 11.7. The molecule has 0 N–H and O–H groups in total. The van der Waals surface area contributed by atoms with Gasteiger partial charge in [0, 0.05) is 6.08 Å². The summed E-state index contributed by atoms with van der Waals surface area (Å²) in [5.74, 6) is 0.390. The standard InChI is InChI=1S/C18H18O5/c1-3-13(2)18(20)23-16-8-6-15(7-9-16)22-17(19)11-10-14-5-4-12-21-14/h4-13H,3H2,1-2H3. The van der Waals surface area contributed by atoms with E-state index in [4.69, 9.17) is 13.9 Å². The maximum Gasteiger partial charge on any atom is 0.336 e. The highest BCUT2D eigenvalue weighted by Crippen LogP contribution is 2.19. The minimum atomic E-state index is -0.522. The van der Waals surface area contributed by atoms with Crippen molar-refractivity contribution >= 4 is 18.0 Å². The molecule has 120 valence electrons. The Hall–Kier alpha value is -2.82. The van der Waals surface area contributed by atoms with Crippen molar-refractivity contribution in [2.75, 3.05) is 0 Å². The van der Waals surface area contributed by atoms with Gasteiger partial charge in [-0.3, -0.25) is 4.79 Å². The molecule has 23 heavy (non-hydrogen) atoms. The van der Waals surface area contributed by atoms with E-state index in [1.165, 1.54) is 18.4 Å². The zero-order valence-electron chi connectivity index (χ0n) is 13.0. The van der Waals surface area contributed by atoms with Gasteiger partial charge in [-0.15, -0.1) is 0 Å². The molecule has 0 bridgehead atoms. The lowest BCUT2D eigenvalue weighted by Crippen LogP contribution is -2.16. The number of carbonyl (C=O) groups is 2. The molecule has 1 aromatic carbocycles. The Morgan fingerprint density at radius 3 is 2.35 bits per heavy atom. The molecule has 0 amide bonds. The van der Waals surface area contributed by atoms with Crippen LogP contribution in [0.15, 0.2) is 53.2 Å². The fraction of sp³-hybridized carbons (Fsp3) is 0.222. The van der Waals surface area contributed by atoms with Gasteiger partial charge in [-0.1, -0.05) is 13.8 Å². The predicted octanol–water partition coefficient (Wildman–Crippen LogP) is 3.85. The third-order valence-electron chi connectivity index (χ3n) is 3.20. The number of ether oxygens (including phenoxy) is 2. The van der Waals surface area contributed by atoms with Crippen LogP contribution in [0.5, 0.6) is 11.5 Å². The molecule has 5 heteroatoms. The van der Waals surface area contributed by atoms with Crippen molar-refractivity contribution in [3.63, 3.8) is 0 Å². The molecule has 1 heterocycles. The van der Waals surface area contributed by atoms with Crippen LogP contribution < -0.4 is 9.47 Å². The Labute approximate surface area is 134 Å². The summed E-state index contributed by atoms with van der Waals surface area (Å²) >= 11 is 0. The lowest BCUT2D eigenvalue weighted by Gasteiger charge is -2.09. The third kappa shape index (κ3) is 5.14. The van der Waals surface area contributed by atoms with Crippen LogP contribution in [0.25, 0.3) is 6.08 Å². The molecule has 0 saturated heterocycles. The SMILES string of the molecule is CCC(C)C(=O)Oc1ccc(OC(=O)C=Cc2ccco2)cc1. The zero-order valence-corrected chi connectivity index (χ0v) is 13.0. The van der Waals surface area contributed by atoms with Gasteiger partial charge in [-0.05, 0) is 48.9 Å². The summed E-state index contributed by atoms with van der Waals surface area (Å²) in [4.78, 5) is 23.3. The number of rotatable bonds is 6. The summed E-state index contributed by atoms with van der Waals surface area (Å²) in [6, 6.07) is 9.75. The smallest absolute Gasteiger partial charge is 0.336 e. The summed E-state index contributed by atoms with van der Waals surface area (Å²) < 4.78 is 15.4. The molecule has 0 aliphatic heterocycles. The number of esters is 2. The van der Waals surface area contributed by atoms with E-state index in [0.717, 1.165) is 6.42 Å². The molecule has 0 aliphatic carbocycles. The zero-order chi connectivity index (χ0) is 16.7. The highest BCUT2D eigenvalue weighted by Gasteiger charge is 2.13. The molecular formula is C18H18O5. The first-order chi connectivity index (χ1) is 11.1. The van der Waals surface area contributed by atoms with E-state index in [1.54, 1.807) is 36.4 Å². The van der Waals surface area contributed by atoms with Crippen molar-refractivity contribution in [1.29, 1.82) is 0 Å². The number of hydrogen-bond acceptors (Lipinski definition) is 5. The first-order valence-electron chi connectivity index (χ1n) is 7.33. The summed E-state index contributed by atoms with van der Waals surface area (Å²) in [6.45, 7) is 3.73. The molecular weight excluding hydrogens is 296 g/mol. The van der Waals surface area contributed by atoms with E-state index in [-0.39, 0.29) is 11.9 Å². The van der Waals surface area contributed by atoms with Crippen molar-refractivity contribution in [2.45, 2.75) is 20.3 Å². The lowest BCUT2D eigenvalue weighted by atomic mass is 10.1. The first-order valence-corrected chi connectivity index (χ1v) is 7.33. The van der Waals surface area contributed by atoms with Gasteiger partial charge >= 0.3 is 11.9 Å². The molecule has 2 rings (SSSR count). The van der Waals surface area contributed by atoms with Crippen molar-refractivity contribution in [3.8, 4) is 11.5 Å². The van der Waals surface area contributed by atoms with E-state index >= 15 is 0 Å². The van der Waals surface area contributed by atoms with E-state index in [0.29, 0.717) is 17.3 Å². The Bertz CT molecular complexity index is 668. The second kappa shape index (κ2) is 7.98. The monoisotopic (exact) mass is 314 g/mol. The normalized spacial score (nSPS) is 12.1. The number of furan rings is 1. The second-order valence-corrected chi connectivity index (χ2v) is 4.97. The van der Waals surface area contributed by atoms with Crippen LogP contribution in [-0.2, 0) is 9.59 Å². The van der Waals surface area contributed by atoms with E-state index in [9.17, 15) is 9.59 Å². The van der Waals surface area contributed by atoms with Crippen molar-refractivity contribution < 1.29 is 23.5 Å². The first kappa shape index (κ1) is 16.5. The van der Waals surface area contributed by atoms with E-state index < -0.39 is 5.97 Å². The van der Waals surface area contributed by atoms with Crippen LogP contribution in [0.1, 0.15) is 26.0 Å². The Kier molecular flexibility index (Phi) is 5.74. The van der Waals surface area contributed by atoms with Crippen molar-refractivity contribution in [2.24, 2.45) is 5.92 Å². The van der Waals surface area contributed by atoms with Crippen LogP contribution in [-0.4, -0.2) is 11.9 Å². The molecule has 1 atom stereocenters. The molecule has 0 spiro atoms. The van der Waals surface area contributed by atoms with E-state index in [1.807, 2.05) is 13.8 Å². The third-order valence-corrected chi connectivity index (χ3v) is 3.20. The molecule has 1 aromatic heterocycles. The lowest BCUT2D eigenvalue weighted by molar-refractivity contribution is -0.138. The minimum absolute atomic E-state index is 0.153. The van der Waals surface area contributed by atoms with Gasteiger partial charge in [-0.2, -0.15) is 0 Å². The molecule has 0 saturated carbocycles. The van der Waals surface area contributed by atoms with Crippen LogP contribution in [0, 0.1) is 5.92 Å². The second-order valence-electron chi connectivity index (χ2n) is 4.97. The van der Waals surface area contributed by atoms with Gasteiger partial charge in [0.05, 0.1) is 12.2 Å². The molecule has 0 aliphatic rings. The average molecular weight is 314 g/mol. The molecule has 0 fully saturated rings. The molecule has 5 nitrogen and oxygen atoms in total. The summed E-state index contributed by atoms with van der Waals surface area (Å²) in [6.07, 6.45) is 5.03. The average Bonchev–Trinajstić information content (AvgIpc) is 3.07. The van der Waals surface area contributed by atoms with Gasteiger partial charge in [0.25, 0.3) is 0 Å². The van der Waals surface area contributed by atoms with Gasteiger partial charge in [0.1, 0.15) is 17.3 Å². The Morgan fingerprint density at radius 1 is 1.13 bits per heavy atom. The van der Waals surface area contributed by atoms with E-state index in [2.05, 4.69) is 0 Å².